The number of rotatable bonds is 5. The van der Waals surface area contributed by atoms with Crippen molar-refractivity contribution >= 4 is 35.1 Å². The molecule has 2 aromatic carbocycles. The van der Waals surface area contributed by atoms with Crippen molar-refractivity contribution in [3.8, 4) is 5.75 Å². The van der Waals surface area contributed by atoms with Crippen LogP contribution in [0.5, 0.6) is 5.75 Å². The molecule has 1 fully saturated rings. The molecule has 4 nitrogen and oxygen atoms in total. The highest BCUT2D eigenvalue weighted by Gasteiger charge is 2.52. The Hall–Kier alpha value is -1.28. The van der Waals surface area contributed by atoms with E-state index in [0.717, 1.165) is 16.2 Å². The smallest absolute Gasteiger partial charge is 0.468 e. The lowest BCUT2D eigenvalue weighted by Crippen LogP contribution is -2.41. The van der Waals surface area contributed by atoms with Crippen LogP contribution in [0.25, 0.3) is 10.8 Å². The van der Waals surface area contributed by atoms with Crippen LogP contribution in [0.15, 0.2) is 29.2 Å². The van der Waals surface area contributed by atoms with Crippen molar-refractivity contribution in [1.29, 1.82) is 0 Å². The third-order valence-electron chi connectivity index (χ3n) is 5.08. The summed E-state index contributed by atoms with van der Waals surface area (Å²) in [4.78, 5) is 0.575. The fraction of sp³-hybridized carbons (Fsp3) is 0.474. The monoisotopic (exact) mass is 378 g/mol. The molecule has 1 saturated heterocycles. The largest absolute Gasteiger partial charge is 0.495 e. The van der Waals surface area contributed by atoms with Gasteiger partial charge in [-0.15, -0.1) is 11.8 Å². The van der Waals surface area contributed by atoms with E-state index in [1.54, 1.807) is 13.2 Å². The maximum Gasteiger partial charge on any atom is 0.495 e. The van der Waals surface area contributed by atoms with Gasteiger partial charge in [0.25, 0.3) is 0 Å². The molecule has 0 aliphatic carbocycles. The summed E-state index contributed by atoms with van der Waals surface area (Å²) in [5, 5.41) is 1.66. The first-order chi connectivity index (χ1) is 12.2. The van der Waals surface area contributed by atoms with E-state index in [2.05, 4.69) is 0 Å². The molecule has 1 aliphatic rings. The third kappa shape index (κ3) is 3.33. The Bertz CT molecular complexity index is 809. The zero-order chi connectivity index (χ0) is 19.1. The summed E-state index contributed by atoms with van der Waals surface area (Å²) < 4.78 is 37.5. The lowest BCUT2D eigenvalue weighted by atomic mass is 9.76. The second-order valence-electron chi connectivity index (χ2n) is 7.33. The van der Waals surface area contributed by atoms with Gasteiger partial charge in [0.1, 0.15) is 11.6 Å². The van der Waals surface area contributed by atoms with E-state index in [-0.39, 0.29) is 12.6 Å². The Morgan fingerprint density at radius 3 is 2.35 bits per heavy atom. The van der Waals surface area contributed by atoms with Gasteiger partial charge in [-0.2, -0.15) is 0 Å². The molecular formula is C19H24BFO4S. The second-order valence-corrected chi connectivity index (χ2v) is 8.15. The van der Waals surface area contributed by atoms with E-state index in [1.807, 2.05) is 46.1 Å². The molecule has 2 aromatic rings. The second kappa shape index (κ2) is 7.04. The molecule has 0 spiro atoms. The first-order valence-corrected chi connectivity index (χ1v) is 9.70. The first-order valence-electron chi connectivity index (χ1n) is 8.47. The molecule has 1 heterocycles. The van der Waals surface area contributed by atoms with Crippen molar-refractivity contribution < 1.29 is 23.2 Å². The summed E-state index contributed by atoms with van der Waals surface area (Å²) in [6.45, 7) is 8.12. The van der Waals surface area contributed by atoms with Crippen LogP contribution in [-0.2, 0) is 14.0 Å². The summed E-state index contributed by atoms with van der Waals surface area (Å²) in [7, 11) is 0.957. The molecule has 140 valence electrons. The van der Waals surface area contributed by atoms with Crippen LogP contribution < -0.4 is 10.2 Å². The minimum absolute atomic E-state index is 0.130. The van der Waals surface area contributed by atoms with Gasteiger partial charge in [-0.3, -0.25) is 0 Å². The van der Waals surface area contributed by atoms with E-state index in [4.69, 9.17) is 18.8 Å². The van der Waals surface area contributed by atoms with Crippen molar-refractivity contribution in [2.45, 2.75) is 43.8 Å². The highest BCUT2D eigenvalue weighted by Crippen LogP contribution is 2.38. The minimum Gasteiger partial charge on any atom is -0.468 e. The van der Waals surface area contributed by atoms with E-state index < -0.39 is 18.3 Å². The average molecular weight is 378 g/mol. The predicted octanol–water partition coefficient (Wildman–Crippen LogP) is 3.98. The third-order valence-corrected chi connectivity index (χ3v) is 5.89. The van der Waals surface area contributed by atoms with Crippen molar-refractivity contribution in [3.63, 3.8) is 0 Å². The molecule has 0 unspecified atom stereocenters. The molecule has 3 rings (SSSR count). The van der Waals surface area contributed by atoms with Gasteiger partial charge in [-0.05, 0) is 68.4 Å². The zero-order valence-corrected chi connectivity index (χ0v) is 16.8. The number of thioether (sulfide) groups is 1. The predicted molar refractivity (Wildman–Crippen MR) is 104 cm³/mol. The van der Waals surface area contributed by atoms with Crippen molar-refractivity contribution in [3.05, 3.63) is 30.1 Å². The molecular weight excluding hydrogens is 354 g/mol. The van der Waals surface area contributed by atoms with Crippen molar-refractivity contribution in [2.75, 3.05) is 20.2 Å². The highest BCUT2D eigenvalue weighted by molar-refractivity contribution is 7.98. The lowest BCUT2D eigenvalue weighted by Gasteiger charge is -2.32. The number of ether oxygens (including phenoxy) is 2. The summed E-state index contributed by atoms with van der Waals surface area (Å²) in [6.07, 6.45) is 1.86. The van der Waals surface area contributed by atoms with Crippen LogP contribution in [0.4, 0.5) is 4.39 Å². The molecule has 0 N–H and O–H groups in total. The van der Waals surface area contributed by atoms with Gasteiger partial charge in [-0.25, -0.2) is 4.39 Å². The van der Waals surface area contributed by atoms with E-state index in [9.17, 15) is 4.39 Å². The Morgan fingerprint density at radius 2 is 1.77 bits per heavy atom. The van der Waals surface area contributed by atoms with Gasteiger partial charge in [0.2, 0.25) is 0 Å². The standard InChI is InChI=1S/C19H24BFO4S/c1-18(2)19(3,4)25-20(24-18)14-10-13(23-11-22-5)9-12-7-8-15(21)17(26-6)16(12)14/h7-10H,11H2,1-6H3. The number of fused-ring (bicyclic) bond motifs is 1. The van der Waals surface area contributed by atoms with E-state index in [1.165, 1.54) is 17.8 Å². The van der Waals surface area contributed by atoms with Gasteiger partial charge >= 0.3 is 7.12 Å². The van der Waals surface area contributed by atoms with E-state index >= 15 is 0 Å². The Kier molecular flexibility index (Phi) is 5.27. The van der Waals surface area contributed by atoms with Crippen LogP contribution in [-0.4, -0.2) is 38.5 Å². The maximum absolute atomic E-state index is 14.4. The molecule has 0 bridgehead atoms. The fourth-order valence-electron chi connectivity index (χ4n) is 2.98. The van der Waals surface area contributed by atoms with Crippen LogP contribution in [0.2, 0.25) is 0 Å². The quantitative estimate of drug-likeness (QED) is 0.447. The molecule has 26 heavy (non-hydrogen) atoms. The maximum atomic E-state index is 14.4. The summed E-state index contributed by atoms with van der Waals surface area (Å²) in [5.41, 5.74) is -0.211. The number of hydrogen-bond acceptors (Lipinski definition) is 5. The Labute approximate surface area is 158 Å². The Morgan fingerprint density at radius 1 is 1.12 bits per heavy atom. The van der Waals surface area contributed by atoms with Crippen molar-refractivity contribution in [1.82, 2.24) is 0 Å². The molecule has 0 aromatic heterocycles. The molecule has 0 atom stereocenters. The molecule has 0 radical (unpaired) electrons. The van der Waals surface area contributed by atoms with Gasteiger partial charge in [0.05, 0.1) is 16.1 Å². The Balaban J connectivity index is 2.19. The summed E-state index contributed by atoms with van der Waals surface area (Å²) >= 11 is 1.37. The van der Waals surface area contributed by atoms with Gasteiger partial charge in [-0.1, -0.05) is 6.07 Å². The van der Waals surface area contributed by atoms with Gasteiger partial charge in [0.15, 0.2) is 6.79 Å². The molecule has 1 aliphatic heterocycles. The summed E-state index contributed by atoms with van der Waals surface area (Å²) in [5.74, 6) is 0.371. The van der Waals surface area contributed by atoms with Crippen LogP contribution in [0.3, 0.4) is 0 Å². The number of hydrogen-bond donors (Lipinski definition) is 0. The topological polar surface area (TPSA) is 36.9 Å². The van der Waals surface area contributed by atoms with Crippen LogP contribution in [0.1, 0.15) is 27.7 Å². The number of benzene rings is 2. The van der Waals surface area contributed by atoms with Crippen molar-refractivity contribution in [2.24, 2.45) is 0 Å². The lowest BCUT2D eigenvalue weighted by molar-refractivity contribution is 0.00578. The SMILES string of the molecule is COCOc1cc(B2OC(C)(C)C(C)(C)O2)c2c(SC)c(F)ccc2c1. The van der Waals surface area contributed by atoms with Gasteiger partial charge < -0.3 is 18.8 Å². The van der Waals surface area contributed by atoms with Crippen LogP contribution >= 0.6 is 11.8 Å². The number of halogens is 1. The highest BCUT2D eigenvalue weighted by atomic mass is 32.2. The summed E-state index contributed by atoms with van der Waals surface area (Å²) in [6, 6.07) is 6.95. The molecule has 0 amide bonds. The molecule has 0 saturated carbocycles. The zero-order valence-electron chi connectivity index (χ0n) is 16.0. The minimum atomic E-state index is -0.610. The fourth-order valence-corrected chi connectivity index (χ4v) is 3.68. The first kappa shape index (κ1) is 19.5. The van der Waals surface area contributed by atoms with Gasteiger partial charge in [0, 0.05) is 7.11 Å². The van der Waals surface area contributed by atoms with E-state index in [0.29, 0.717) is 10.6 Å². The number of methoxy groups -OCH3 is 1. The normalized spacial score (nSPS) is 18.5. The molecule has 7 heteroatoms. The van der Waals surface area contributed by atoms with Crippen LogP contribution in [0, 0.1) is 5.82 Å². The average Bonchev–Trinajstić information content (AvgIpc) is 2.80.